The Kier molecular flexibility index (Phi) is 6.74. The number of aliphatic hydroxyl groups is 2. The minimum atomic E-state index is -1.37. The molecule has 0 aliphatic heterocycles. The highest BCUT2D eigenvalue weighted by Gasteiger charge is 2.18. The van der Waals surface area contributed by atoms with Crippen LogP contribution in [-0.2, 0) is 4.84 Å². The van der Waals surface area contributed by atoms with Crippen LogP contribution >= 0.6 is 11.6 Å². The Labute approximate surface area is 149 Å². The van der Waals surface area contributed by atoms with Gasteiger partial charge in [-0.25, -0.2) is 5.48 Å². The van der Waals surface area contributed by atoms with Gasteiger partial charge in [-0.3, -0.25) is 14.6 Å². The number of nitrogens with one attached hydrogen (secondary N) is 2. The zero-order chi connectivity index (χ0) is 18.2. The van der Waals surface area contributed by atoms with Gasteiger partial charge in [0.2, 0.25) is 0 Å². The van der Waals surface area contributed by atoms with Gasteiger partial charge in [-0.1, -0.05) is 17.5 Å². The molecule has 0 aliphatic rings. The molecule has 7 nitrogen and oxygen atoms in total. The molecule has 0 saturated carbocycles. The van der Waals surface area contributed by atoms with E-state index >= 15 is 0 Å². The van der Waals surface area contributed by atoms with Crippen LogP contribution in [0.4, 0.5) is 5.69 Å². The molecule has 2 aromatic rings. The molecule has 2 unspecified atom stereocenters. The molecule has 2 atom stereocenters. The molecule has 1 aromatic carbocycles. The molecule has 1 amide bonds. The number of rotatable bonds is 7. The number of terminal acetylenes is 1. The minimum Gasteiger partial charge on any atom is -0.386 e. The maximum Gasteiger partial charge on any atom is 0.274 e. The molecule has 0 radical (unpaired) electrons. The Hall–Kier alpha value is -2.63. The van der Waals surface area contributed by atoms with E-state index < -0.39 is 18.2 Å². The van der Waals surface area contributed by atoms with E-state index in [-0.39, 0.29) is 6.61 Å². The Bertz CT molecular complexity index is 764. The maximum atomic E-state index is 11.7. The number of benzene rings is 1. The second-order valence-electron chi connectivity index (χ2n) is 4.97. The summed E-state index contributed by atoms with van der Waals surface area (Å²) in [6.07, 6.45) is 5.51. The van der Waals surface area contributed by atoms with E-state index in [4.69, 9.17) is 22.9 Å². The number of hydrogen-bond acceptors (Lipinski definition) is 6. The molecule has 0 spiro atoms. The monoisotopic (exact) mass is 361 g/mol. The molecule has 0 aliphatic carbocycles. The lowest BCUT2D eigenvalue weighted by atomic mass is 10.2. The van der Waals surface area contributed by atoms with Crippen LogP contribution in [0.3, 0.4) is 0 Å². The second kappa shape index (κ2) is 9.01. The third-order valence-electron chi connectivity index (χ3n) is 3.17. The van der Waals surface area contributed by atoms with Gasteiger partial charge in [0.15, 0.2) is 6.23 Å². The third-order valence-corrected chi connectivity index (χ3v) is 3.48. The van der Waals surface area contributed by atoms with E-state index in [9.17, 15) is 15.0 Å². The van der Waals surface area contributed by atoms with E-state index in [1.807, 2.05) is 0 Å². The average Bonchev–Trinajstić information content (AvgIpc) is 2.63. The summed E-state index contributed by atoms with van der Waals surface area (Å²) in [4.78, 5) is 20.4. The van der Waals surface area contributed by atoms with E-state index in [0.717, 1.165) is 0 Å². The van der Waals surface area contributed by atoms with Crippen molar-refractivity contribution in [2.24, 2.45) is 0 Å². The molecule has 130 valence electrons. The number of hydroxylamine groups is 1. The summed E-state index contributed by atoms with van der Waals surface area (Å²) in [5, 5.41) is 22.8. The fourth-order valence-electron chi connectivity index (χ4n) is 1.82. The molecule has 2 rings (SSSR count). The fourth-order valence-corrected chi connectivity index (χ4v) is 2.06. The maximum absolute atomic E-state index is 11.7. The van der Waals surface area contributed by atoms with Crippen LogP contribution in [0.15, 0.2) is 42.7 Å². The quantitative estimate of drug-likeness (QED) is 0.335. The average molecular weight is 362 g/mol. The van der Waals surface area contributed by atoms with E-state index in [2.05, 4.69) is 21.7 Å². The highest BCUT2D eigenvalue weighted by Crippen LogP contribution is 2.23. The number of pyridine rings is 1. The molecule has 0 bridgehead atoms. The molecule has 4 N–H and O–H groups in total. The van der Waals surface area contributed by atoms with E-state index in [1.165, 1.54) is 24.5 Å². The first-order valence-corrected chi connectivity index (χ1v) is 7.60. The van der Waals surface area contributed by atoms with Crippen molar-refractivity contribution >= 4 is 23.2 Å². The molecular weight excluding hydrogens is 346 g/mol. The third kappa shape index (κ3) is 5.45. The molecular formula is C17H16ClN3O4. The van der Waals surface area contributed by atoms with E-state index in [0.29, 0.717) is 21.8 Å². The number of hydrogen-bond donors (Lipinski definition) is 4. The first-order chi connectivity index (χ1) is 12.0. The van der Waals surface area contributed by atoms with E-state index in [1.54, 1.807) is 18.2 Å². The number of nitrogens with zero attached hydrogens (tertiary/aromatic N) is 1. The van der Waals surface area contributed by atoms with Gasteiger partial charge in [-0.15, -0.1) is 6.42 Å². The standard InChI is InChI=1S/C17H16ClN3O4/c1-2-11-3-4-14(13(18)9-11)20-17(24)15(22)10-25-21-16(23)12-5-7-19-8-6-12/h1,3-9,15,17,20,22,24H,10H2,(H,21,23). The summed E-state index contributed by atoms with van der Waals surface area (Å²) < 4.78 is 0. The number of aromatic nitrogens is 1. The summed E-state index contributed by atoms with van der Waals surface area (Å²) in [6, 6.07) is 7.79. The van der Waals surface area contributed by atoms with Crippen LogP contribution in [0, 0.1) is 12.3 Å². The lowest BCUT2D eigenvalue weighted by Gasteiger charge is -2.20. The Morgan fingerprint density at radius 2 is 2.04 bits per heavy atom. The Morgan fingerprint density at radius 1 is 1.32 bits per heavy atom. The number of halogens is 1. The highest BCUT2D eigenvalue weighted by atomic mass is 35.5. The van der Waals surface area contributed by atoms with Crippen LogP contribution in [0.25, 0.3) is 0 Å². The van der Waals surface area contributed by atoms with Crippen LogP contribution in [-0.4, -0.2) is 40.0 Å². The zero-order valence-corrected chi connectivity index (χ0v) is 13.8. The smallest absolute Gasteiger partial charge is 0.274 e. The van der Waals surface area contributed by atoms with Crippen molar-refractivity contribution in [3.8, 4) is 12.3 Å². The lowest BCUT2D eigenvalue weighted by molar-refractivity contribution is -0.0521. The number of anilines is 1. The first-order valence-electron chi connectivity index (χ1n) is 7.22. The van der Waals surface area contributed by atoms with Gasteiger partial charge >= 0.3 is 0 Å². The summed E-state index contributed by atoms with van der Waals surface area (Å²) in [7, 11) is 0. The van der Waals surface area contributed by atoms with Crippen LogP contribution in [0.2, 0.25) is 5.02 Å². The number of carbonyl (C=O) groups excluding carboxylic acids is 1. The van der Waals surface area contributed by atoms with Crippen LogP contribution in [0.5, 0.6) is 0 Å². The second-order valence-corrected chi connectivity index (χ2v) is 5.38. The molecule has 1 aromatic heterocycles. The molecule has 1 heterocycles. The molecule has 8 heteroatoms. The lowest BCUT2D eigenvalue weighted by Crippen LogP contribution is -2.39. The zero-order valence-electron chi connectivity index (χ0n) is 13.0. The topological polar surface area (TPSA) is 104 Å². The van der Waals surface area contributed by atoms with Crippen LogP contribution < -0.4 is 10.8 Å². The number of aliphatic hydroxyl groups excluding tert-OH is 2. The normalized spacial score (nSPS) is 12.7. The molecule has 25 heavy (non-hydrogen) atoms. The highest BCUT2D eigenvalue weighted by molar-refractivity contribution is 6.33. The van der Waals surface area contributed by atoms with Gasteiger partial charge in [0.1, 0.15) is 12.7 Å². The van der Waals surface area contributed by atoms with Crippen molar-refractivity contribution in [3.63, 3.8) is 0 Å². The Balaban J connectivity index is 1.81. The summed E-state index contributed by atoms with van der Waals surface area (Å²) in [6.45, 7) is -0.342. The van der Waals surface area contributed by atoms with Gasteiger partial charge in [0, 0.05) is 23.5 Å². The Morgan fingerprint density at radius 3 is 2.68 bits per heavy atom. The summed E-state index contributed by atoms with van der Waals surface area (Å²) in [5.74, 6) is 1.94. The van der Waals surface area contributed by atoms with Gasteiger partial charge in [-0.05, 0) is 30.3 Å². The largest absolute Gasteiger partial charge is 0.386 e. The van der Waals surface area contributed by atoms with Crippen LogP contribution in [0.1, 0.15) is 15.9 Å². The number of amides is 1. The van der Waals surface area contributed by atoms with Crippen molar-refractivity contribution < 1.29 is 19.8 Å². The summed E-state index contributed by atoms with van der Waals surface area (Å²) >= 11 is 6.03. The molecule has 0 fully saturated rings. The van der Waals surface area contributed by atoms with Crippen molar-refractivity contribution in [2.75, 3.05) is 11.9 Å². The predicted molar refractivity (Wildman–Crippen MR) is 92.7 cm³/mol. The van der Waals surface area contributed by atoms with Crippen molar-refractivity contribution in [2.45, 2.75) is 12.3 Å². The fraction of sp³-hybridized carbons (Fsp3) is 0.176. The van der Waals surface area contributed by atoms with Crippen molar-refractivity contribution in [1.82, 2.24) is 10.5 Å². The predicted octanol–water partition coefficient (Wildman–Crippen LogP) is 1.17. The van der Waals surface area contributed by atoms with Gasteiger partial charge < -0.3 is 15.5 Å². The SMILES string of the molecule is C#Cc1ccc(NC(O)C(O)CONC(=O)c2ccncc2)c(Cl)c1. The van der Waals surface area contributed by atoms with Gasteiger partial charge in [0.25, 0.3) is 5.91 Å². The molecule has 0 saturated heterocycles. The number of carbonyl (C=O) groups is 1. The first kappa shape index (κ1) is 18.7. The summed E-state index contributed by atoms with van der Waals surface area (Å²) in [5.41, 5.74) is 3.50. The van der Waals surface area contributed by atoms with Gasteiger partial charge in [0.05, 0.1) is 10.7 Å². The van der Waals surface area contributed by atoms with Crippen molar-refractivity contribution in [3.05, 3.63) is 58.9 Å². The minimum absolute atomic E-state index is 0.300. The van der Waals surface area contributed by atoms with Gasteiger partial charge in [-0.2, -0.15) is 0 Å². The van der Waals surface area contributed by atoms with Crippen molar-refractivity contribution in [1.29, 1.82) is 0 Å².